The van der Waals surface area contributed by atoms with E-state index in [0.29, 0.717) is 5.11 Å². The van der Waals surface area contributed by atoms with Gasteiger partial charge in [0.2, 0.25) is 0 Å². The average Bonchev–Trinajstić information content (AvgIpc) is 2.49. The van der Waals surface area contributed by atoms with E-state index in [1.54, 1.807) is 7.11 Å². The standard InChI is InChI=1S/C18H22N2OS/c1-12-8-9-13(2)17(10-12)14(3)19-18(22)20-15-6-5-7-16(11-15)21-4/h5-11,14H,1-4H3,(H2,19,20,22)/t14-/m1/s1. The fourth-order valence-corrected chi connectivity index (χ4v) is 2.66. The first-order valence-electron chi connectivity index (χ1n) is 7.28. The van der Waals surface area contributed by atoms with Gasteiger partial charge in [-0.05, 0) is 56.2 Å². The summed E-state index contributed by atoms with van der Waals surface area (Å²) in [4.78, 5) is 0. The van der Waals surface area contributed by atoms with Gasteiger partial charge in [-0.1, -0.05) is 29.8 Å². The molecule has 0 aliphatic heterocycles. The molecule has 0 spiro atoms. The molecule has 0 heterocycles. The summed E-state index contributed by atoms with van der Waals surface area (Å²) >= 11 is 5.40. The van der Waals surface area contributed by atoms with E-state index in [4.69, 9.17) is 17.0 Å². The number of rotatable bonds is 4. The van der Waals surface area contributed by atoms with Gasteiger partial charge in [-0.3, -0.25) is 0 Å². The van der Waals surface area contributed by atoms with Crippen LogP contribution in [0.1, 0.15) is 29.7 Å². The number of thiocarbonyl (C=S) groups is 1. The van der Waals surface area contributed by atoms with Crippen LogP contribution in [0, 0.1) is 13.8 Å². The fourth-order valence-electron chi connectivity index (χ4n) is 2.37. The van der Waals surface area contributed by atoms with Crippen LogP contribution in [-0.4, -0.2) is 12.2 Å². The molecule has 0 saturated carbocycles. The zero-order valence-electron chi connectivity index (χ0n) is 13.4. The fraction of sp³-hybridized carbons (Fsp3) is 0.278. The highest BCUT2D eigenvalue weighted by Gasteiger charge is 2.10. The molecule has 0 unspecified atom stereocenters. The summed E-state index contributed by atoms with van der Waals surface area (Å²) in [5, 5.41) is 7.12. The number of methoxy groups -OCH3 is 1. The molecule has 0 aliphatic rings. The third-order valence-corrected chi connectivity index (χ3v) is 3.80. The highest BCUT2D eigenvalue weighted by Crippen LogP contribution is 2.20. The van der Waals surface area contributed by atoms with Crippen molar-refractivity contribution in [1.29, 1.82) is 0 Å². The van der Waals surface area contributed by atoms with Crippen molar-refractivity contribution in [2.75, 3.05) is 12.4 Å². The number of hydrogen-bond donors (Lipinski definition) is 2. The molecule has 0 fully saturated rings. The van der Waals surface area contributed by atoms with Crippen LogP contribution in [0.4, 0.5) is 5.69 Å². The van der Waals surface area contributed by atoms with Gasteiger partial charge < -0.3 is 15.4 Å². The molecule has 1 atom stereocenters. The Morgan fingerprint density at radius 2 is 1.91 bits per heavy atom. The van der Waals surface area contributed by atoms with Crippen LogP contribution in [0.15, 0.2) is 42.5 Å². The molecule has 0 aliphatic carbocycles. The molecule has 0 amide bonds. The van der Waals surface area contributed by atoms with E-state index < -0.39 is 0 Å². The van der Waals surface area contributed by atoms with E-state index in [9.17, 15) is 0 Å². The van der Waals surface area contributed by atoms with Crippen LogP contribution in [0.5, 0.6) is 5.75 Å². The van der Waals surface area contributed by atoms with Gasteiger partial charge in [-0.2, -0.15) is 0 Å². The Hall–Kier alpha value is -2.07. The van der Waals surface area contributed by atoms with Crippen molar-refractivity contribution in [1.82, 2.24) is 5.32 Å². The third-order valence-electron chi connectivity index (χ3n) is 3.58. The Balaban J connectivity index is 2.03. The van der Waals surface area contributed by atoms with Crippen molar-refractivity contribution in [3.05, 3.63) is 59.2 Å². The van der Waals surface area contributed by atoms with Crippen molar-refractivity contribution in [2.45, 2.75) is 26.8 Å². The molecular weight excluding hydrogens is 292 g/mol. The largest absolute Gasteiger partial charge is 0.497 e. The summed E-state index contributed by atoms with van der Waals surface area (Å²) < 4.78 is 5.21. The molecule has 2 aromatic carbocycles. The first kappa shape index (κ1) is 16.3. The van der Waals surface area contributed by atoms with Gasteiger partial charge in [0.05, 0.1) is 13.2 Å². The molecule has 2 N–H and O–H groups in total. The molecule has 3 nitrogen and oxygen atoms in total. The number of ether oxygens (including phenoxy) is 1. The number of anilines is 1. The van der Waals surface area contributed by atoms with E-state index in [1.807, 2.05) is 24.3 Å². The molecule has 2 rings (SSSR count). The first-order chi connectivity index (χ1) is 10.5. The van der Waals surface area contributed by atoms with Crippen molar-refractivity contribution < 1.29 is 4.74 Å². The topological polar surface area (TPSA) is 33.3 Å². The van der Waals surface area contributed by atoms with Crippen LogP contribution in [0.25, 0.3) is 0 Å². The van der Waals surface area contributed by atoms with E-state index in [1.165, 1.54) is 16.7 Å². The predicted molar refractivity (Wildman–Crippen MR) is 96.7 cm³/mol. The lowest BCUT2D eigenvalue weighted by Gasteiger charge is -2.20. The maximum Gasteiger partial charge on any atom is 0.171 e. The van der Waals surface area contributed by atoms with Gasteiger partial charge in [0.25, 0.3) is 0 Å². The van der Waals surface area contributed by atoms with Crippen LogP contribution >= 0.6 is 12.2 Å². The molecule has 0 aromatic heterocycles. The average molecular weight is 314 g/mol. The lowest BCUT2D eigenvalue weighted by molar-refractivity contribution is 0.415. The summed E-state index contributed by atoms with van der Waals surface area (Å²) in [6, 6.07) is 14.3. The van der Waals surface area contributed by atoms with Crippen LogP contribution in [0.3, 0.4) is 0 Å². The molecule has 0 radical (unpaired) electrons. The van der Waals surface area contributed by atoms with E-state index >= 15 is 0 Å². The van der Waals surface area contributed by atoms with Crippen molar-refractivity contribution >= 4 is 23.0 Å². The summed E-state index contributed by atoms with van der Waals surface area (Å²) in [6.07, 6.45) is 0. The molecule has 0 saturated heterocycles. The number of nitrogens with one attached hydrogen (secondary N) is 2. The van der Waals surface area contributed by atoms with Crippen molar-refractivity contribution in [3.8, 4) is 5.75 Å². The normalized spacial score (nSPS) is 11.6. The van der Waals surface area contributed by atoms with E-state index in [-0.39, 0.29) is 6.04 Å². The van der Waals surface area contributed by atoms with E-state index in [2.05, 4.69) is 49.6 Å². The maximum atomic E-state index is 5.40. The zero-order chi connectivity index (χ0) is 16.1. The predicted octanol–water partition coefficient (Wildman–Crippen LogP) is 4.36. The first-order valence-corrected chi connectivity index (χ1v) is 7.69. The van der Waals surface area contributed by atoms with Gasteiger partial charge in [0.15, 0.2) is 5.11 Å². The minimum absolute atomic E-state index is 0.144. The Morgan fingerprint density at radius 1 is 1.14 bits per heavy atom. The van der Waals surface area contributed by atoms with E-state index in [0.717, 1.165) is 11.4 Å². The molecule has 22 heavy (non-hydrogen) atoms. The monoisotopic (exact) mass is 314 g/mol. The summed E-state index contributed by atoms with van der Waals surface area (Å²) in [7, 11) is 1.65. The Morgan fingerprint density at radius 3 is 2.64 bits per heavy atom. The van der Waals surface area contributed by atoms with Crippen LogP contribution in [0.2, 0.25) is 0 Å². The molecule has 116 valence electrons. The minimum Gasteiger partial charge on any atom is -0.497 e. The highest BCUT2D eigenvalue weighted by molar-refractivity contribution is 7.80. The minimum atomic E-state index is 0.144. The van der Waals surface area contributed by atoms with Crippen molar-refractivity contribution in [2.24, 2.45) is 0 Å². The summed E-state index contributed by atoms with van der Waals surface area (Å²) in [5.74, 6) is 0.801. The molecule has 4 heteroatoms. The number of aryl methyl sites for hydroxylation is 2. The molecular formula is C18H22N2OS. The van der Waals surface area contributed by atoms with Crippen molar-refractivity contribution in [3.63, 3.8) is 0 Å². The summed E-state index contributed by atoms with van der Waals surface area (Å²) in [5.41, 5.74) is 4.68. The second kappa shape index (κ2) is 7.27. The maximum absolute atomic E-state index is 5.40. The Kier molecular flexibility index (Phi) is 5.39. The zero-order valence-corrected chi connectivity index (χ0v) is 14.3. The summed E-state index contributed by atoms with van der Waals surface area (Å²) in [6.45, 7) is 6.33. The Bertz CT molecular complexity index is 670. The smallest absolute Gasteiger partial charge is 0.171 e. The van der Waals surface area contributed by atoms with Crippen LogP contribution in [-0.2, 0) is 0 Å². The highest BCUT2D eigenvalue weighted by atomic mass is 32.1. The van der Waals surface area contributed by atoms with Gasteiger partial charge in [0.1, 0.15) is 5.75 Å². The Labute approximate surface area is 137 Å². The van der Waals surface area contributed by atoms with Gasteiger partial charge in [-0.15, -0.1) is 0 Å². The lowest BCUT2D eigenvalue weighted by atomic mass is 10.0. The molecule has 0 bridgehead atoms. The van der Waals surface area contributed by atoms with Crippen LogP contribution < -0.4 is 15.4 Å². The quantitative estimate of drug-likeness (QED) is 0.822. The second-order valence-electron chi connectivity index (χ2n) is 5.41. The SMILES string of the molecule is COc1cccc(NC(=S)N[C@H](C)c2cc(C)ccc2C)c1. The van der Waals surface area contributed by atoms with Gasteiger partial charge in [-0.25, -0.2) is 0 Å². The molecule has 2 aromatic rings. The third kappa shape index (κ3) is 4.21. The lowest BCUT2D eigenvalue weighted by Crippen LogP contribution is -2.31. The number of hydrogen-bond acceptors (Lipinski definition) is 2. The van der Waals surface area contributed by atoms with Gasteiger partial charge >= 0.3 is 0 Å². The van der Waals surface area contributed by atoms with Gasteiger partial charge in [0, 0.05) is 11.8 Å². The second-order valence-corrected chi connectivity index (χ2v) is 5.82. The number of benzene rings is 2.